The standard InChI is InChI=1S/C21H16OS/c1-3-7-17(8-4-1)19-14-22-20(13-16-11-12-23-15-16)21(19)18-9-5-2-6-10-18/h1-12,14-15H,13H2. The molecule has 2 aromatic heterocycles. The molecule has 0 spiro atoms. The normalized spacial score (nSPS) is 10.8. The number of hydrogen-bond acceptors (Lipinski definition) is 2. The zero-order chi connectivity index (χ0) is 15.5. The molecule has 0 radical (unpaired) electrons. The van der Waals surface area contributed by atoms with Crippen LogP contribution in [0, 0.1) is 0 Å². The van der Waals surface area contributed by atoms with Crippen molar-refractivity contribution in [1.29, 1.82) is 0 Å². The minimum atomic E-state index is 0.820. The van der Waals surface area contributed by atoms with Crippen molar-refractivity contribution in [3.05, 3.63) is 95.1 Å². The van der Waals surface area contributed by atoms with Crippen molar-refractivity contribution >= 4 is 11.3 Å². The van der Waals surface area contributed by atoms with Crippen LogP contribution in [0.3, 0.4) is 0 Å². The first-order chi connectivity index (χ1) is 11.4. The van der Waals surface area contributed by atoms with Crippen LogP contribution in [0.25, 0.3) is 22.3 Å². The molecule has 0 saturated carbocycles. The van der Waals surface area contributed by atoms with E-state index >= 15 is 0 Å². The third-order valence-corrected chi connectivity index (χ3v) is 4.69. The van der Waals surface area contributed by atoms with Crippen LogP contribution < -0.4 is 0 Å². The van der Waals surface area contributed by atoms with Crippen LogP contribution in [-0.2, 0) is 6.42 Å². The highest BCUT2D eigenvalue weighted by Crippen LogP contribution is 2.37. The Morgan fingerprint density at radius 3 is 2.13 bits per heavy atom. The second-order valence-electron chi connectivity index (χ2n) is 5.49. The Hall–Kier alpha value is -2.58. The lowest BCUT2D eigenvalue weighted by Gasteiger charge is -2.06. The van der Waals surface area contributed by atoms with Crippen LogP contribution in [0.1, 0.15) is 11.3 Å². The van der Waals surface area contributed by atoms with E-state index in [9.17, 15) is 0 Å². The Labute approximate surface area is 139 Å². The molecule has 0 atom stereocenters. The van der Waals surface area contributed by atoms with Gasteiger partial charge in [0.05, 0.1) is 6.26 Å². The summed E-state index contributed by atoms with van der Waals surface area (Å²) in [5, 5.41) is 4.29. The molecule has 0 N–H and O–H groups in total. The average Bonchev–Trinajstić information content (AvgIpc) is 3.27. The lowest BCUT2D eigenvalue weighted by Crippen LogP contribution is -1.88. The Bertz CT molecular complexity index is 874. The van der Waals surface area contributed by atoms with Crippen molar-refractivity contribution in [2.24, 2.45) is 0 Å². The minimum Gasteiger partial charge on any atom is -0.468 e. The maximum Gasteiger partial charge on any atom is 0.116 e. The highest BCUT2D eigenvalue weighted by atomic mass is 32.1. The molecule has 0 fully saturated rings. The highest BCUT2D eigenvalue weighted by Gasteiger charge is 2.17. The van der Waals surface area contributed by atoms with Crippen LogP contribution in [0.5, 0.6) is 0 Å². The van der Waals surface area contributed by atoms with Gasteiger partial charge in [0.1, 0.15) is 5.76 Å². The van der Waals surface area contributed by atoms with E-state index in [2.05, 4.69) is 65.4 Å². The first kappa shape index (κ1) is 14.0. The van der Waals surface area contributed by atoms with E-state index in [0.717, 1.165) is 17.7 Å². The van der Waals surface area contributed by atoms with Crippen molar-refractivity contribution < 1.29 is 4.42 Å². The molecule has 1 nitrogen and oxygen atoms in total. The van der Waals surface area contributed by atoms with Crippen molar-refractivity contribution in [2.45, 2.75) is 6.42 Å². The zero-order valence-electron chi connectivity index (χ0n) is 12.6. The number of rotatable bonds is 4. The summed E-state index contributed by atoms with van der Waals surface area (Å²) in [7, 11) is 0. The van der Waals surface area contributed by atoms with Gasteiger partial charge in [0.2, 0.25) is 0 Å². The quantitative estimate of drug-likeness (QED) is 0.433. The Kier molecular flexibility index (Phi) is 3.83. The zero-order valence-corrected chi connectivity index (χ0v) is 13.4. The van der Waals surface area contributed by atoms with Gasteiger partial charge in [-0.05, 0) is 33.5 Å². The predicted molar refractivity (Wildman–Crippen MR) is 96.7 cm³/mol. The topological polar surface area (TPSA) is 13.1 Å². The molecule has 2 heterocycles. The monoisotopic (exact) mass is 316 g/mol. The van der Waals surface area contributed by atoms with Crippen LogP contribution in [0.15, 0.2) is 88.2 Å². The third-order valence-electron chi connectivity index (χ3n) is 3.96. The van der Waals surface area contributed by atoms with Gasteiger partial charge in [-0.25, -0.2) is 0 Å². The van der Waals surface area contributed by atoms with Crippen LogP contribution >= 0.6 is 11.3 Å². The second kappa shape index (κ2) is 6.27. The molecule has 0 aliphatic heterocycles. The van der Waals surface area contributed by atoms with Crippen LogP contribution in [-0.4, -0.2) is 0 Å². The molecule has 4 rings (SSSR count). The molecule has 0 bridgehead atoms. The number of furan rings is 1. The summed E-state index contributed by atoms with van der Waals surface area (Å²) in [4.78, 5) is 0. The summed E-state index contributed by atoms with van der Waals surface area (Å²) in [5.74, 6) is 1.02. The Morgan fingerprint density at radius 1 is 0.783 bits per heavy atom. The van der Waals surface area contributed by atoms with E-state index in [1.807, 2.05) is 18.4 Å². The molecular formula is C21H16OS. The molecule has 4 aromatic rings. The lowest BCUT2D eigenvalue weighted by molar-refractivity contribution is 0.523. The summed E-state index contributed by atoms with van der Waals surface area (Å²) in [6, 6.07) is 23.1. The fourth-order valence-electron chi connectivity index (χ4n) is 2.86. The summed E-state index contributed by atoms with van der Waals surface area (Å²) < 4.78 is 5.98. The van der Waals surface area contributed by atoms with Gasteiger partial charge in [-0.15, -0.1) is 0 Å². The SMILES string of the molecule is c1ccc(-c2coc(Cc3ccsc3)c2-c2ccccc2)cc1. The number of benzene rings is 2. The van der Waals surface area contributed by atoms with E-state index < -0.39 is 0 Å². The first-order valence-corrected chi connectivity index (χ1v) is 8.58. The van der Waals surface area contributed by atoms with Crippen molar-refractivity contribution in [3.8, 4) is 22.3 Å². The van der Waals surface area contributed by atoms with Crippen LogP contribution in [0.4, 0.5) is 0 Å². The van der Waals surface area contributed by atoms with Gasteiger partial charge in [0.15, 0.2) is 0 Å². The molecule has 2 heteroatoms. The van der Waals surface area contributed by atoms with Gasteiger partial charge in [-0.1, -0.05) is 60.7 Å². The molecule has 0 aliphatic carbocycles. The second-order valence-corrected chi connectivity index (χ2v) is 6.27. The van der Waals surface area contributed by atoms with Gasteiger partial charge in [0.25, 0.3) is 0 Å². The molecular weight excluding hydrogens is 300 g/mol. The van der Waals surface area contributed by atoms with E-state index in [-0.39, 0.29) is 0 Å². The van der Waals surface area contributed by atoms with E-state index in [4.69, 9.17) is 4.42 Å². The van der Waals surface area contributed by atoms with Gasteiger partial charge >= 0.3 is 0 Å². The molecule has 0 unspecified atom stereocenters. The minimum absolute atomic E-state index is 0.820. The lowest BCUT2D eigenvalue weighted by atomic mass is 9.95. The maximum absolute atomic E-state index is 5.98. The number of thiophene rings is 1. The molecule has 2 aromatic carbocycles. The summed E-state index contributed by atoms with van der Waals surface area (Å²) in [5.41, 5.74) is 6.03. The van der Waals surface area contributed by atoms with Gasteiger partial charge in [-0.3, -0.25) is 0 Å². The van der Waals surface area contributed by atoms with Crippen molar-refractivity contribution in [2.75, 3.05) is 0 Å². The van der Waals surface area contributed by atoms with E-state index in [1.54, 1.807) is 11.3 Å². The van der Waals surface area contributed by atoms with E-state index in [1.165, 1.54) is 22.3 Å². The summed E-state index contributed by atoms with van der Waals surface area (Å²) in [6.45, 7) is 0. The first-order valence-electron chi connectivity index (χ1n) is 7.64. The summed E-state index contributed by atoms with van der Waals surface area (Å²) >= 11 is 1.72. The average molecular weight is 316 g/mol. The van der Waals surface area contributed by atoms with Gasteiger partial charge in [0, 0.05) is 17.5 Å². The summed E-state index contributed by atoms with van der Waals surface area (Å²) in [6.07, 6.45) is 2.71. The molecule has 0 aliphatic rings. The Morgan fingerprint density at radius 2 is 1.48 bits per heavy atom. The maximum atomic E-state index is 5.98. The molecule has 0 amide bonds. The van der Waals surface area contributed by atoms with E-state index in [0.29, 0.717) is 0 Å². The molecule has 0 saturated heterocycles. The third kappa shape index (κ3) is 2.86. The number of hydrogen-bond donors (Lipinski definition) is 0. The van der Waals surface area contributed by atoms with Crippen molar-refractivity contribution in [1.82, 2.24) is 0 Å². The van der Waals surface area contributed by atoms with Crippen LogP contribution in [0.2, 0.25) is 0 Å². The Balaban J connectivity index is 1.86. The fraction of sp³-hybridized carbons (Fsp3) is 0.0476. The molecule has 23 heavy (non-hydrogen) atoms. The predicted octanol–water partition coefficient (Wildman–Crippen LogP) is 6.27. The van der Waals surface area contributed by atoms with Gasteiger partial charge < -0.3 is 4.42 Å². The largest absolute Gasteiger partial charge is 0.468 e. The smallest absolute Gasteiger partial charge is 0.116 e. The van der Waals surface area contributed by atoms with Gasteiger partial charge in [-0.2, -0.15) is 11.3 Å². The molecule has 112 valence electrons. The van der Waals surface area contributed by atoms with Crippen molar-refractivity contribution in [3.63, 3.8) is 0 Å². The fourth-order valence-corrected chi connectivity index (χ4v) is 3.53. The highest BCUT2D eigenvalue weighted by molar-refractivity contribution is 7.07.